The number of pyridine rings is 1. The first-order valence-corrected chi connectivity index (χ1v) is 8.82. The Balaban J connectivity index is 2.04. The molecule has 0 N–H and O–H groups in total. The molecule has 140 valence electrons. The SMILES string of the molecule is CCOC(=O)c1nn(CC)c2ccc(-c3ccc(C(=O)N(C)C)cn3)cc12. The van der Waals surface area contributed by atoms with Gasteiger partial charge in [-0.1, -0.05) is 6.07 Å². The maximum Gasteiger partial charge on any atom is 0.359 e. The minimum atomic E-state index is -0.438. The Morgan fingerprint density at radius 2 is 1.93 bits per heavy atom. The Morgan fingerprint density at radius 3 is 2.52 bits per heavy atom. The highest BCUT2D eigenvalue weighted by molar-refractivity contribution is 6.03. The molecular weight excluding hydrogens is 344 g/mol. The topological polar surface area (TPSA) is 77.3 Å². The monoisotopic (exact) mass is 366 g/mol. The van der Waals surface area contributed by atoms with Crippen molar-refractivity contribution in [1.82, 2.24) is 19.7 Å². The van der Waals surface area contributed by atoms with Gasteiger partial charge in [-0.3, -0.25) is 14.5 Å². The van der Waals surface area contributed by atoms with E-state index < -0.39 is 5.97 Å². The Hall–Kier alpha value is -3.22. The van der Waals surface area contributed by atoms with E-state index in [9.17, 15) is 9.59 Å². The Kier molecular flexibility index (Phi) is 5.21. The summed E-state index contributed by atoms with van der Waals surface area (Å²) >= 11 is 0. The summed E-state index contributed by atoms with van der Waals surface area (Å²) in [5.74, 6) is -0.537. The van der Waals surface area contributed by atoms with Gasteiger partial charge in [-0.25, -0.2) is 4.79 Å². The van der Waals surface area contributed by atoms with Gasteiger partial charge >= 0.3 is 5.97 Å². The second kappa shape index (κ2) is 7.57. The average Bonchev–Trinajstić information content (AvgIpc) is 3.05. The maximum atomic E-state index is 12.3. The number of rotatable bonds is 5. The summed E-state index contributed by atoms with van der Waals surface area (Å²) in [7, 11) is 3.40. The summed E-state index contributed by atoms with van der Waals surface area (Å²) in [6.07, 6.45) is 1.56. The van der Waals surface area contributed by atoms with Crippen LogP contribution in [0.4, 0.5) is 0 Å². The van der Waals surface area contributed by atoms with Crippen LogP contribution in [0.3, 0.4) is 0 Å². The molecule has 7 heteroatoms. The molecule has 2 heterocycles. The van der Waals surface area contributed by atoms with E-state index in [4.69, 9.17) is 4.74 Å². The Bertz CT molecular complexity index is 990. The molecule has 1 amide bonds. The van der Waals surface area contributed by atoms with Crippen molar-refractivity contribution in [2.45, 2.75) is 20.4 Å². The number of hydrogen-bond acceptors (Lipinski definition) is 5. The zero-order valence-electron chi connectivity index (χ0n) is 15.9. The number of ether oxygens (including phenoxy) is 1. The molecule has 0 saturated heterocycles. The molecule has 0 fully saturated rings. The number of esters is 1. The van der Waals surface area contributed by atoms with Gasteiger partial charge in [0, 0.05) is 37.8 Å². The molecule has 2 aromatic heterocycles. The summed E-state index contributed by atoms with van der Waals surface area (Å²) in [5.41, 5.74) is 3.24. The van der Waals surface area contributed by atoms with Crippen LogP contribution in [0, 0.1) is 0 Å². The largest absolute Gasteiger partial charge is 0.461 e. The number of nitrogens with zero attached hydrogens (tertiary/aromatic N) is 4. The van der Waals surface area contributed by atoms with Gasteiger partial charge in [0.05, 0.1) is 23.4 Å². The number of amides is 1. The van der Waals surface area contributed by atoms with Crippen LogP contribution in [-0.4, -0.2) is 52.2 Å². The Morgan fingerprint density at radius 1 is 1.15 bits per heavy atom. The standard InChI is InChI=1S/C20H22N4O3/c1-5-24-17-10-8-13(11-15(17)18(22-24)20(26)27-6-2)16-9-7-14(12-21-16)19(25)23(3)4/h7-12H,5-6H2,1-4H3. The fourth-order valence-corrected chi connectivity index (χ4v) is 2.88. The van der Waals surface area contributed by atoms with Crippen LogP contribution in [0.2, 0.25) is 0 Å². The molecule has 1 aromatic carbocycles. The van der Waals surface area contributed by atoms with Crippen molar-refractivity contribution in [3.05, 3.63) is 47.8 Å². The number of hydrogen-bond donors (Lipinski definition) is 0. The summed E-state index contributed by atoms with van der Waals surface area (Å²) < 4.78 is 6.91. The molecular formula is C20H22N4O3. The highest BCUT2D eigenvalue weighted by atomic mass is 16.5. The summed E-state index contributed by atoms with van der Waals surface area (Å²) in [5, 5.41) is 5.11. The van der Waals surface area contributed by atoms with E-state index in [1.54, 1.807) is 44.0 Å². The maximum absolute atomic E-state index is 12.3. The Labute approximate surface area is 157 Å². The number of aryl methyl sites for hydroxylation is 1. The highest BCUT2D eigenvalue weighted by Gasteiger charge is 2.19. The molecule has 0 unspecified atom stereocenters. The average molecular weight is 366 g/mol. The number of benzene rings is 1. The van der Waals surface area contributed by atoms with Crippen LogP contribution in [0.5, 0.6) is 0 Å². The number of carbonyl (C=O) groups excluding carboxylic acids is 2. The van der Waals surface area contributed by atoms with Crippen LogP contribution in [0.15, 0.2) is 36.5 Å². The van der Waals surface area contributed by atoms with E-state index in [-0.39, 0.29) is 5.91 Å². The first kappa shape index (κ1) is 18.6. The molecule has 7 nitrogen and oxygen atoms in total. The second-order valence-electron chi connectivity index (χ2n) is 6.25. The number of carbonyl (C=O) groups is 2. The fourth-order valence-electron chi connectivity index (χ4n) is 2.88. The van der Waals surface area contributed by atoms with E-state index in [0.717, 1.165) is 16.5 Å². The van der Waals surface area contributed by atoms with E-state index in [2.05, 4.69) is 10.1 Å². The molecule has 0 atom stereocenters. The first-order valence-electron chi connectivity index (χ1n) is 8.82. The minimum Gasteiger partial charge on any atom is -0.461 e. The molecule has 0 radical (unpaired) electrons. The zero-order chi connectivity index (χ0) is 19.6. The minimum absolute atomic E-state index is 0.0988. The van der Waals surface area contributed by atoms with Gasteiger partial charge in [0.15, 0.2) is 5.69 Å². The predicted molar refractivity (Wildman–Crippen MR) is 103 cm³/mol. The smallest absolute Gasteiger partial charge is 0.359 e. The predicted octanol–water partition coefficient (Wildman–Crippen LogP) is 3.00. The lowest BCUT2D eigenvalue weighted by Gasteiger charge is -2.10. The molecule has 0 spiro atoms. The number of aromatic nitrogens is 3. The third kappa shape index (κ3) is 3.53. The lowest BCUT2D eigenvalue weighted by atomic mass is 10.1. The lowest BCUT2D eigenvalue weighted by Crippen LogP contribution is -2.21. The van der Waals surface area contributed by atoms with Gasteiger partial charge in [0.25, 0.3) is 5.91 Å². The molecule has 27 heavy (non-hydrogen) atoms. The van der Waals surface area contributed by atoms with Gasteiger partial charge in [-0.15, -0.1) is 0 Å². The molecule has 3 aromatic rings. The van der Waals surface area contributed by atoms with Crippen molar-refractivity contribution in [3.63, 3.8) is 0 Å². The van der Waals surface area contributed by atoms with E-state index >= 15 is 0 Å². The van der Waals surface area contributed by atoms with Gasteiger partial charge in [0.1, 0.15) is 0 Å². The van der Waals surface area contributed by atoms with Crippen molar-refractivity contribution < 1.29 is 14.3 Å². The van der Waals surface area contributed by atoms with Crippen LogP contribution >= 0.6 is 0 Å². The third-order valence-electron chi connectivity index (χ3n) is 4.23. The second-order valence-corrected chi connectivity index (χ2v) is 6.25. The third-order valence-corrected chi connectivity index (χ3v) is 4.23. The van der Waals surface area contributed by atoms with Crippen LogP contribution < -0.4 is 0 Å². The summed E-state index contributed by atoms with van der Waals surface area (Å²) in [6, 6.07) is 9.28. The van der Waals surface area contributed by atoms with Crippen LogP contribution in [0.25, 0.3) is 22.2 Å². The lowest BCUT2D eigenvalue weighted by molar-refractivity contribution is 0.0520. The summed E-state index contributed by atoms with van der Waals surface area (Å²) in [6.45, 7) is 4.68. The molecule has 0 saturated carbocycles. The van der Waals surface area contributed by atoms with Crippen molar-refractivity contribution in [2.75, 3.05) is 20.7 Å². The van der Waals surface area contributed by atoms with E-state index in [1.807, 2.05) is 25.1 Å². The highest BCUT2D eigenvalue weighted by Crippen LogP contribution is 2.26. The van der Waals surface area contributed by atoms with Crippen LogP contribution in [-0.2, 0) is 11.3 Å². The van der Waals surface area contributed by atoms with Crippen molar-refractivity contribution in [3.8, 4) is 11.3 Å². The van der Waals surface area contributed by atoms with Crippen LogP contribution in [0.1, 0.15) is 34.7 Å². The van der Waals surface area contributed by atoms with Crippen molar-refractivity contribution in [1.29, 1.82) is 0 Å². The number of fused-ring (bicyclic) bond motifs is 1. The normalized spacial score (nSPS) is 10.8. The van der Waals surface area contributed by atoms with Gasteiger partial charge in [-0.2, -0.15) is 5.10 Å². The molecule has 3 rings (SSSR count). The van der Waals surface area contributed by atoms with Crippen molar-refractivity contribution in [2.24, 2.45) is 0 Å². The summed E-state index contributed by atoms with van der Waals surface area (Å²) in [4.78, 5) is 30.2. The molecule has 0 aliphatic heterocycles. The molecule has 0 bridgehead atoms. The quantitative estimate of drug-likeness (QED) is 0.649. The van der Waals surface area contributed by atoms with Gasteiger partial charge < -0.3 is 9.64 Å². The zero-order valence-corrected chi connectivity index (χ0v) is 15.9. The van der Waals surface area contributed by atoms with Gasteiger partial charge in [-0.05, 0) is 38.1 Å². The van der Waals surface area contributed by atoms with Gasteiger partial charge in [0.2, 0.25) is 0 Å². The molecule has 0 aliphatic carbocycles. The van der Waals surface area contributed by atoms with E-state index in [0.29, 0.717) is 30.1 Å². The van der Waals surface area contributed by atoms with E-state index in [1.165, 1.54) is 4.90 Å². The molecule has 0 aliphatic rings. The first-order chi connectivity index (χ1) is 13.0. The fraction of sp³-hybridized carbons (Fsp3) is 0.300. The van der Waals surface area contributed by atoms with Crippen molar-refractivity contribution >= 4 is 22.8 Å².